The first kappa shape index (κ1) is 18.5. The van der Waals surface area contributed by atoms with Gasteiger partial charge in [0.15, 0.2) is 5.78 Å². The number of carbonyl (C=O) groups is 2. The van der Waals surface area contributed by atoms with Crippen molar-refractivity contribution in [2.75, 3.05) is 18.6 Å². The molecule has 5 heteroatoms. The topological polar surface area (TPSA) is 55.4 Å². The van der Waals surface area contributed by atoms with E-state index in [2.05, 4.69) is 29.6 Å². The Bertz CT molecular complexity index is 760. The molecule has 0 aromatic heterocycles. The molecular formula is C21H23NO3S. The fraction of sp³-hybridized carbons (Fsp3) is 0.333. The van der Waals surface area contributed by atoms with E-state index < -0.39 is 12.1 Å². The van der Waals surface area contributed by atoms with Gasteiger partial charge in [0.2, 0.25) is 0 Å². The molecule has 4 nitrogen and oxygen atoms in total. The monoisotopic (exact) mass is 369 g/mol. The van der Waals surface area contributed by atoms with Crippen LogP contribution in [0.3, 0.4) is 0 Å². The molecule has 1 amide bonds. The van der Waals surface area contributed by atoms with Gasteiger partial charge in [0.05, 0.1) is 6.04 Å². The third kappa shape index (κ3) is 3.93. The number of amides is 1. The van der Waals surface area contributed by atoms with Crippen LogP contribution in [0.4, 0.5) is 4.79 Å². The molecule has 0 saturated heterocycles. The Morgan fingerprint density at radius 2 is 1.65 bits per heavy atom. The molecule has 0 spiro atoms. The van der Waals surface area contributed by atoms with Crippen LogP contribution in [0.1, 0.15) is 30.4 Å². The third-order valence-corrected chi connectivity index (χ3v) is 5.38. The summed E-state index contributed by atoms with van der Waals surface area (Å²) in [4.78, 5) is 23.9. The lowest BCUT2D eigenvalue weighted by atomic mass is 9.98. The zero-order chi connectivity index (χ0) is 18.5. The van der Waals surface area contributed by atoms with Gasteiger partial charge in [-0.2, -0.15) is 11.8 Å². The minimum atomic E-state index is -0.534. The molecule has 2 aromatic rings. The fourth-order valence-electron chi connectivity index (χ4n) is 3.40. The minimum Gasteiger partial charge on any atom is -0.449 e. The molecule has 3 rings (SSSR count). The fourth-order valence-corrected chi connectivity index (χ4v) is 3.87. The number of rotatable bonds is 7. The average molecular weight is 369 g/mol. The van der Waals surface area contributed by atoms with Crippen LogP contribution in [0.2, 0.25) is 0 Å². The van der Waals surface area contributed by atoms with Crippen LogP contribution < -0.4 is 5.32 Å². The van der Waals surface area contributed by atoms with Gasteiger partial charge in [-0.3, -0.25) is 4.79 Å². The average Bonchev–Trinajstić information content (AvgIpc) is 2.97. The normalized spacial score (nSPS) is 13.6. The summed E-state index contributed by atoms with van der Waals surface area (Å²) < 4.78 is 5.49. The first-order valence-electron chi connectivity index (χ1n) is 8.72. The summed E-state index contributed by atoms with van der Waals surface area (Å²) in [6.07, 6.45) is 2.05. The van der Waals surface area contributed by atoms with Crippen LogP contribution >= 0.6 is 11.8 Å². The van der Waals surface area contributed by atoms with Gasteiger partial charge in [-0.05, 0) is 47.6 Å². The van der Waals surface area contributed by atoms with Gasteiger partial charge in [-0.1, -0.05) is 48.5 Å². The lowest BCUT2D eigenvalue weighted by Crippen LogP contribution is -2.40. The van der Waals surface area contributed by atoms with Crippen molar-refractivity contribution in [3.05, 3.63) is 59.7 Å². The summed E-state index contributed by atoms with van der Waals surface area (Å²) in [5, 5.41) is 2.70. The number of hydrogen-bond donors (Lipinski definition) is 1. The van der Waals surface area contributed by atoms with E-state index in [1.54, 1.807) is 11.8 Å². The summed E-state index contributed by atoms with van der Waals surface area (Å²) in [6.45, 7) is 1.75. The lowest BCUT2D eigenvalue weighted by molar-refractivity contribution is -0.118. The number of nitrogens with one attached hydrogen (secondary N) is 1. The van der Waals surface area contributed by atoms with Crippen LogP contribution in [0.15, 0.2) is 48.5 Å². The number of alkyl carbamates (subject to hydrolysis) is 1. The maximum Gasteiger partial charge on any atom is 0.407 e. The summed E-state index contributed by atoms with van der Waals surface area (Å²) in [5.74, 6) is 0.788. The quantitative estimate of drug-likeness (QED) is 0.793. The van der Waals surface area contributed by atoms with Gasteiger partial charge in [-0.15, -0.1) is 0 Å². The first-order valence-corrected chi connectivity index (χ1v) is 10.1. The zero-order valence-corrected chi connectivity index (χ0v) is 15.8. The second-order valence-corrected chi connectivity index (χ2v) is 7.40. The van der Waals surface area contributed by atoms with Crippen LogP contribution in [-0.2, 0) is 9.53 Å². The summed E-state index contributed by atoms with van der Waals surface area (Å²) >= 11 is 1.65. The molecular weight excluding hydrogens is 346 g/mol. The largest absolute Gasteiger partial charge is 0.449 e. The van der Waals surface area contributed by atoms with E-state index in [1.165, 1.54) is 29.2 Å². The Balaban J connectivity index is 1.68. The minimum absolute atomic E-state index is 0.0233. The van der Waals surface area contributed by atoms with Gasteiger partial charge in [0.25, 0.3) is 0 Å². The molecule has 1 N–H and O–H groups in total. The number of hydrogen-bond acceptors (Lipinski definition) is 4. The van der Waals surface area contributed by atoms with E-state index >= 15 is 0 Å². The highest BCUT2D eigenvalue weighted by molar-refractivity contribution is 7.98. The van der Waals surface area contributed by atoms with Crippen molar-refractivity contribution in [1.82, 2.24) is 5.32 Å². The van der Waals surface area contributed by atoms with Gasteiger partial charge in [-0.25, -0.2) is 4.79 Å². The van der Waals surface area contributed by atoms with Crippen molar-refractivity contribution in [2.24, 2.45) is 0 Å². The number of Topliss-reactive ketones (excluding diaryl/α,β-unsaturated/α-hetero) is 1. The van der Waals surface area contributed by atoms with Crippen molar-refractivity contribution >= 4 is 23.6 Å². The Kier molecular flexibility index (Phi) is 5.99. The highest BCUT2D eigenvalue weighted by Gasteiger charge is 2.29. The number of fused-ring (bicyclic) bond motifs is 3. The Morgan fingerprint density at radius 1 is 1.08 bits per heavy atom. The third-order valence-electron chi connectivity index (χ3n) is 4.74. The van der Waals surface area contributed by atoms with E-state index in [4.69, 9.17) is 4.74 Å². The first-order chi connectivity index (χ1) is 12.6. The van der Waals surface area contributed by atoms with Crippen LogP contribution in [0, 0.1) is 0 Å². The molecule has 2 aromatic carbocycles. The number of ether oxygens (including phenoxy) is 1. The number of benzene rings is 2. The van der Waals surface area contributed by atoms with Crippen molar-refractivity contribution < 1.29 is 14.3 Å². The molecule has 0 heterocycles. The molecule has 1 atom stereocenters. The standard InChI is InChI=1S/C21H23NO3S/c1-14(23)20(11-12-26-2)22-21(24)25-13-19-17-9-5-3-7-15(17)16-8-4-6-10-18(16)19/h3-10,19-20H,11-13H2,1-2H3,(H,22,24)/t20-/m0/s1. The number of thioether (sulfide) groups is 1. The predicted octanol–water partition coefficient (Wildman–Crippen LogP) is 4.24. The second-order valence-electron chi connectivity index (χ2n) is 6.41. The molecule has 26 heavy (non-hydrogen) atoms. The molecule has 1 aliphatic rings. The highest BCUT2D eigenvalue weighted by Crippen LogP contribution is 2.44. The second kappa shape index (κ2) is 8.41. The van der Waals surface area contributed by atoms with E-state index in [9.17, 15) is 9.59 Å². The summed E-state index contributed by atoms with van der Waals surface area (Å²) in [7, 11) is 0. The Morgan fingerprint density at radius 3 is 2.19 bits per heavy atom. The van der Waals surface area contributed by atoms with Crippen LogP contribution in [0.5, 0.6) is 0 Å². The number of ketones is 1. The Hall–Kier alpha value is -2.27. The van der Waals surface area contributed by atoms with E-state index in [0.29, 0.717) is 6.42 Å². The summed E-state index contributed by atoms with van der Waals surface area (Å²) in [5.41, 5.74) is 4.73. The highest BCUT2D eigenvalue weighted by atomic mass is 32.2. The van der Waals surface area contributed by atoms with Crippen molar-refractivity contribution in [3.63, 3.8) is 0 Å². The number of carbonyl (C=O) groups excluding carboxylic acids is 2. The van der Waals surface area contributed by atoms with Crippen molar-refractivity contribution in [2.45, 2.75) is 25.3 Å². The SMILES string of the molecule is CSCC[C@H](NC(=O)OCC1c2ccccc2-c2ccccc21)C(C)=O. The van der Waals surface area contributed by atoms with Crippen molar-refractivity contribution in [3.8, 4) is 11.1 Å². The maximum atomic E-state index is 12.2. The van der Waals surface area contributed by atoms with Crippen LogP contribution in [0.25, 0.3) is 11.1 Å². The molecule has 0 fully saturated rings. The van der Waals surface area contributed by atoms with E-state index in [1.807, 2.05) is 30.5 Å². The molecule has 0 saturated carbocycles. The molecule has 0 aliphatic heterocycles. The van der Waals surface area contributed by atoms with Crippen molar-refractivity contribution in [1.29, 1.82) is 0 Å². The summed E-state index contributed by atoms with van der Waals surface area (Å²) in [6, 6.07) is 15.9. The van der Waals surface area contributed by atoms with E-state index in [-0.39, 0.29) is 18.3 Å². The van der Waals surface area contributed by atoms with Crippen LogP contribution in [-0.4, -0.2) is 36.5 Å². The molecule has 136 valence electrons. The maximum absolute atomic E-state index is 12.2. The van der Waals surface area contributed by atoms with Gasteiger partial charge in [0.1, 0.15) is 6.61 Å². The zero-order valence-electron chi connectivity index (χ0n) is 15.0. The molecule has 0 radical (unpaired) electrons. The van der Waals surface area contributed by atoms with Gasteiger partial charge < -0.3 is 10.1 Å². The Labute approximate surface area is 158 Å². The predicted molar refractivity (Wildman–Crippen MR) is 106 cm³/mol. The smallest absolute Gasteiger partial charge is 0.407 e. The lowest BCUT2D eigenvalue weighted by Gasteiger charge is -2.18. The van der Waals surface area contributed by atoms with E-state index in [0.717, 1.165) is 5.75 Å². The van der Waals surface area contributed by atoms with Gasteiger partial charge >= 0.3 is 6.09 Å². The molecule has 0 unspecified atom stereocenters. The van der Waals surface area contributed by atoms with Gasteiger partial charge in [0, 0.05) is 5.92 Å². The molecule has 0 bridgehead atoms. The molecule has 1 aliphatic carbocycles.